The van der Waals surface area contributed by atoms with Crippen molar-refractivity contribution in [2.24, 2.45) is 11.5 Å². The summed E-state index contributed by atoms with van der Waals surface area (Å²) in [6.07, 6.45) is 0.770. The van der Waals surface area contributed by atoms with Crippen molar-refractivity contribution >= 4 is 11.9 Å². The highest BCUT2D eigenvalue weighted by molar-refractivity contribution is 5.68. The number of nitrogens with two attached hydrogens (primary N) is 2. The van der Waals surface area contributed by atoms with E-state index in [1.807, 2.05) is 0 Å². The second kappa shape index (κ2) is 9.86. The molecule has 0 aromatic carbocycles. The Kier molecular flexibility index (Phi) is 11.1. The molecule has 0 aromatic rings. The van der Waals surface area contributed by atoms with Crippen molar-refractivity contribution in [3.05, 3.63) is 0 Å². The number of carboxylic acids is 2. The van der Waals surface area contributed by atoms with Crippen molar-refractivity contribution in [2.45, 2.75) is 12.8 Å². The first-order chi connectivity index (χ1) is 5.54. The quantitative estimate of drug-likeness (QED) is 0.430. The van der Waals surface area contributed by atoms with Crippen LogP contribution in [-0.4, -0.2) is 35.2 Å². The van der Waals surface area contributed by atoms with Gasteiger partial charge in [-0.15, -0.1) is 0 Å². The maximum absolute atomic E-state index is 9.70. The van der Waals surface area contributed by atoms with Gasteiger partial charge in [0.2, 0.25) is 0 Å². The first kappa shape index (κ1) is 13.4. The Morgan fingerprint density at radius 2 is 1.50 bits per heavy atom. The molecule has 0 spiro atoms. The largest absolute Gasteiger partial charge is 0.481 e. The predicted octanol–water partition coefficient (Wildman–Crippen LogP) is -1.16. The van der Waals surface area contributed by atoms with Crippen molar-refractivity contribution in [3.63, 3.8) is 0 Å². The zero-order valence-electron chi connectivity index (χ0n) is 6.69. The minimum atomic E-state index is -0.968. The maximum Gasteiger partial charge on any atom is 0.317 e. The van der Waals surface area contributed by atoms with E-state index in [0.717, 1.165) is 0 Å². The molecule has 0 aliphatic rings. The third-order valence-corrected chi connectivity index (χ3v) is 0.769. The smallest absolute Gasteiger partial charge is 0.317 e. The number of carbonyl (C=O) groups is 2. The summed E-state index contributed by atoms with van der Waals surface area (Å²) in [6.45, 7) is 0.187. The molecule has 0 saturated carbocycles. The van der Waals surface area contributed by atoms with Crippen LogP contribution in [-0.2, 0) is 9.59 Å². The third kappa shape index (κ3) is 23.2. The number of hydrogen-bond acceptors (Lipinski definition) is 4. The lowest BCUT2D eigenvalue weighted by Gasteiger charge is -1.86. The Labute approximate surface area is 70.2 Å². The van der Waals surface area contributed by atoms with Crippen LogP contribution in [0.25, 0.3) is 0 Å². The fourth-order valence-corrected chi connectivity index (χ4v) is 0.253. The Balaban J connectivity index is 0. The Morgan fingerprint density at radius 1 is 1.08 bits per heavy atom. The van der Waals surface area contributed by atoms with Crippen LogP contribution in [0.15, 0.2) is 0 Å². The number of aliphatic carboxylic acids is 2. The number of rotatable bonds is 4. The average Bonchev–Trinajstić information content (AvgIpc) is 2.02. The number of hydrogen-bond donors (Lipinski definition) is 4. The molecule has 12 heavy (non-hydrogen) atoms. The highest BCUT2D eigenvalue weighted by Gasteiger charge is 1.91. The van der Waals surface area contributed by atoms with Crippen LogP contribution in [0, 0.1) is 0 Å². The topological polar surface area (TPSA) is 127 Å². The number of carboxylic acid groups (broad SMARTS) is 2. The minimum Gasteiger partial charge on any atom is -0.481 e. The summed E-state index contributed by atoms with van der Waals surface area (Å²) in [6, 6.07) is 0. The molecule has 0 aliphatic carbocycles. The van der Waals surface area contributed by atoms with E-state index in [0.29, 0.717) is 13.0 Å². The zero-order valence-corrected chi connectivity index (χ0v) is 6.69. The molecule has 0 bridgehead atoms. The van der Waals surface area contributed by atoms with Gasteiger partial charge >= 0.3 is 11.9 Å². The summed E-state index contributed by atoms with van der Waals surface area (Å²) in [5, 5.41) is 15.6. The molecule has 6 heteroatoms. The van der Waals surface area contributed by atoms with Gasteiger partial charge in [-0.05, 0) is 13.0 Å². The fraction of sp³-hybridized carbons (Fsp3) is 0.667. The molecule has 0 aromatic heterocycles. The fourth-order valence-electron chi connectivity index (χ4n) is 0.253. The van der Waals surface area contributed by atoms with Crippen molar-refractivity contribution in [1.82, 2.24) is 0 Å². The van der Waals surface area contributed by atoms with Gasteiger partial charge in [0.05, 0.1) is 6.54 Å². The van der Waals surface area contributed by atoms with Crippen LogP contribution < -0.4 is 11.5 Å². The van der Waals surface area contributed by atoms with E-state index < -0.39 is 11.9 Å². The van der Waals surface area contributed by atoms with Crippen molar-refractivity contribution < 1.29 is 19.8 Å². The summed E-state index contributed by atoms with van der Waals surface area (Å²) in [7, 11) is 0. The van der Waals surface area contributed by atoms with Crippen molar-refractivity contribution in [1.29, 1.82) is 0 Å². The van der Waals surface area contributed by atoms with Crippen molar-refractivity contribution in [2.75, 3.05) is 13.1 Å². The molecule has 72 valence electrons. The maximum atomic E-state index is 9.70. The van der Waals surface area contributed by atoms with Gasteiger partial charge in [-0.25, -0.2) is 0 Å². The highest BCUT2D eigenvalue weighted by Crippen LogP contribution is 1.82. The normalized spacial score (nSPS) is 8.17. The average molecular weight is 178 g/mol. The van der Waals surface area contributed by atoms with Gasteiger partial charge in [0.1, 0.15) is 0 Å². The van der Waals surface area contributed by atoms with E-state index in [2.05, 4.69) is 5.73 Å². The lowest BCUT2D eigenvalue weighted by Crippen LogP contribution is -2.10. The second-order valence-corrected chi connectivity index (χ2v) is 1.88. The third-order valence-electron chi connectivity index (χ3n) is 0.769. The summed E-state index contributed by atoms with van der Waals surface area (Å²) in [4.78, 5) is 18.9. The van der Waals surface area contributed by atoms with Crippen LogP contribution in [0.5, 0.6) is 0 Å². The molecule has 0 rings (SSSR count). The van der Waals surface area contributed by atoms with Gasteiger partial charge in [0, 0.05) is 6.42 Å². The monoisotopic (exact) mass is 178 g/mol. The zero-order chi connectivity index (χ0) is 9.98. The lowest BCUT2D eigenvalue weighted by molar-refractivity contribution is -0.137. The van der Waals surface area contributed by atoms with Gasteiger partial charge in [-0.3, -0.25) is 9.59 Å². The van der Waals surface area contributed by atoms with Crippen molar-refractivity contribution in [3.8, 4) is 0 Å². The summed E-state index contributed by atoms with van der Waals surface area (Å²) in [5.74, 6) is -1.74. The summed E-state index contributed by atoms with van der Waals surface area (Å²) >= 11 is 0. The van der Waals surface area contributed by atoms with E-state index >= 15 is 0 Å². The van der Waals surface area contributed by atoms with E-state index in [1.165, 1.54) is 0 Å². The van der Waals surface area contributed by atoms with Crippen LogP contribution in [0.3, 0.4) is 0 Å². The molecular formula is C6H14N2O4. The van der Waals surface area contributed by atoms with Crippen LogP contribution in [0.2, 0.25) is 0 Å². The molecule has 0 radical (unpaired) electrons. The summed E-state index contributed by atoms with van der Waals surface area (Å²) in [5.41, 5.74) is 9.59. The molecule has 0 saturated heterocycles. The van der Waals surface area contributed by atoms with Gasteiger partial charge in [0.25, 0.3) is 0 Å². The molecular weight excluding hydrogens is 164 g/mol. The van der Waals surface area contributed by atoms with Crippen LogP contribution >= 0.6 is 0 Å². The molecule has 0 amide bonds. The van der Waals surface area contributed by atoms with E-state index in [9.17, 15) is 9.59 Å². The molecule has 0 aliphatic heterocycles. The molecule has 0 atom stereocenters. The SMILES string of the molecule is NCC(=O)O.NCCCC(=O)O. The first-order valence-electron chi connectivity index (χ1n) is 3.38. The second-order valence-electron chi connectivity index (χ2n) is 1.88. The molecule has 0 heterocycles. The predicted molar refractivity (Wildman–Crippen MR) is 42.6 cm³/mol. The van der Waals surface area contributed by atoms with Gasteiger partial charge < -0.3 is 21.7 Å². The van der Waals surface area contributed by atoms with Crippen LogP contribution in [0.4, 0.5) is 0 Å². The lowest BCUT2D eigenvalue weighted by atomic mass is 10.3. The molecule has 0 unspecified atom stereocenters. The van der Waals surface area contributed by atoms with E-state index in [-0.39, 0.29) is 13.0 Å². The first-order valence-corrected chi connectivity index (χ1v) is 3.38. The molecule has 0 fully saturated rings. The van der Waals surface area contributed by atoms with Gasteiger partial charge in [-0.2, -0.15) is 0 Å². The standard InChI is InChI=1S/C4H9NO2.C2H5NO2/c5-3-1-2-4(6)7;3-1-2(4)5/h1-3,5H2,(H,6,7);1,3H2,(H,4,5). The Morgan fingerprint density at radius 3 is 1.58 bits per heavy atom. The molecule has 6 nitrogen and oxygen atoms in total. The minimum absolute atomic E-state index is 0.191. The van der Waals surface area contributed by atoms with Crippen LogP contribution in [0.1, 0.15) is 12.8 Å². The van der Waals surface area contributed by atoms with Gasteiger partial charge in [-0.1, -0.05) is 0 Å². The Bertz CT molecular complexity index is 138. The van der Waals surface area contributed by atoms with Gasteiger partial charge in [0.15, 0.2) is 0 Å². The van der Waals surface area contributed by atoms with E-state index in [4.69, 9.17) is 15.9 Å². The van der Waals surface area contributed by atoms with E-state index in [1.54, 1.807) is 0 Å². The highest BCUT2D eigenvalue weighted by atomic mass is 16.4. The summed E-state index contributed by atoms with van der Waals surface area (Å²) < 4.78 is 0. The molecule has 6 N–H and O–H groups in total. The Hall–Kier alpha value is -1.14.